The van der Waals surface area contributed by atoms with Crippen molar-refractivity contribution >= 4 is 11.6 Å². The van der Waals surface area contributed by atoms with Crippen molar-refractivity contribution in [3.8, 4) is 11.6 Å². The van der Waals surface area contributed by atoms with Gasteiger partial charge in [0.05, 0.1) is 0 Å². The van der Waals surface area contributed by atoms with Gasteiger partial charge in [-0.3, -0.25) is 4.79 Å². The Morgan fingerprint density at radius 2 is 1.89 bits per heavy atom. The van der Waals surface area contributed by atoms with Crippen LogP contribution < -0.4 is 10.5 Å². The Labute approximate surface area is 157 Å². The predicted octanol–water partition coefficient (Wildman–Crippen LogP) is 2.87. The maximum absolute atomic E-state index is 11.2. The van der Waals surface area contributed by atoms with E-state index in [1.807, 2.05) is 24.3 Å². The third-order valence-corrected chi connectivity index (χ3v) is 3.97. The summed E-state index contributed by atoms with van der Waals surface area (Å²) in [6.45, 7) is 3.38. The lowest BCUT2D eigenvalue weighted by Crippen LogP contribution is -2.04. The molecule has 7 nitrogen and oxygen atoms in total. The fourth-order valence-electron chi connectivity index (χ4n) is 2.62. The summed E-state index contributed by atoms with van der Waals surface area (Å²) in [4.78, 5) is 28.0. The fourth-order valence-corrected chi connectivity index (χ4v) is 2.62. The molecule has 0 unspecified atom stereocenters. The maximum Gasteiger partial charge on any atom is 0.222 e. The lowest BCUT2D eigenvalue weighted by Gasteiger charge is -2.08. The van der Waals surface area contributed by atoms with Gasteiger partial charge >= 0.3 is 0 Å². The van der Waals surface area contributed by atoms with Gasteiger partial charge in [0.15, 0.2) is 0 Å². The number of anilines is 1. The smallest absolute Gasteiger partial charge is 0.222 e. The summed E-state index contributed by atoms with van der Waals surface area (Å²) in [7, 11) is 0. The molecule has 0 amide bonds. The molecule has 0 saturated carbocycles. The largest absolute Gasteiger partial charge is 0.439 e. The molecule has 0 atom stereocenters. The quantitative estimate of drug-likeness (QED) is 0.688. The molecule has 3 rings (SSSR count). The van der Waals surface area contributed by atoms with E-state index >= 15 is 0 Å². The first-order chi connectivity index (χ1) is 13.0. The summed E-state index contributed by atoms with van der Waals surface area (Å²) >= 11 is 0. The molecule has 3 aromatic rings. The third-order valence-electron chi connectivity index (χ3n) is 3.97. The minimum Gasteiger partial charge on any atom is -0.439 e. The van der Waals surface area contributed by atoms with Crippen LogP contribution in [0.4, 0.5) is 5.82 Å². The lowest BCUT2D eigenvalue weighted by atomic mass is 10.1. The Morgan fingerprint density at radius 1 is 1.11 bits per heavy atom. The number of aryl methyl sites for hydroxylation is 3. The molecule has 0 radical (unpaired) electrons. The molecule has 2 heterocycles. The van der Waals surface area contributed by atoms with Gasteiger partial charge in [-0.25, -0.2) is 19.9 Å². The standard InChI is InChI=1S/C20H21N5O2/c1-13(26)9-15-3-7-18(8-4-15)27-19-10-17(23-12-24-19)6-5-16-11-22-14(2)25-20(16)21/h3-4,7-8,10-12H,5-6,9H2,1-2H3,(H2,21,22,25). The fraction of sp³-hybridized carbons (Fsp3) is 0.250. The predicted molar refractivity (Wildman–Crippen MR) is 102 cm³/mol. The van der Waals surface area contributed by atoms with E-state index in [1.54, 1.807) is 26.1 Å². The van der Waals surface area contributed by atoms with E-state index in [4.69, 9.17) is 10.5 Å². The minimum atomic E-state index is 0.128. The first-order valence-corrected chi connectivity index (χ1v) is 8.65. The van der Waals surface area contributed by atoms with E-state index < -0.39 is 0 Å². The number of rotatable bonds is 7. The number of nitrogens with zero attached hydrogens (tertiary/aromatic N) is 4. The Hall–Kier alpha value is -3.35. The Morgan fingerprint density at radius 3 is 2.59 bits per heavy atom. The summed E-state index contributed by atoms with van der Waals surface area (Å²) in [6.07, 6.45) is 5.00. The van der Waals surface area contributed by atoms with Gasteiger partial charge < -0.3 is 10.5 Å². The molecular formula is C20H21N5O2. The van der Waals surface area contributed by atoms with E-state index in [2.05, 4.69) is 19.9 Å². The number of carbonyl (C=O) groups is 1. The van der Waals surface area contributed by atoms with Crippen molar-refractivity contribution in [2.75, 3.05) is 5.73 Å². The molecule has 0 bridgehead atoms. The van der Waals surface area contributed by atoms with Crippen LogP contribution in [0.5, 0.6) is 11.6 Å². The number of hydrogen-bond donors (Lipinski definition) is 1. The lowest BCUT2D eigenvalue weighted by molar-refractivity contribution is -0.116. The van der Waals surface area contributed by atoms with Gasteiger partial charge in [0.1, 0.15) is 29.5 Å². The monoisotopic (exact) mass is 363 g/mol. The summed E-state index contributed by atoms with van der Waals surface area (Å²) < 4.78 is 5.79. The SMILES string of the molecule is CC(=O)Cc1ccc(Oc2cc(CCc3cnc(C)nc3N)ncn2)cc1. The van der Waals surface area contributed by atoms with Crippen molar-refractivity contribution < 1.29 is 9.53 Å². The van der Waals surface area contributed by atoms with E-state index in [-0.39, 0.29) is 5.78 Å². The van der Waals surface area contributed by atoms with Crippen LogP contribution in [0.1, 0.15) is 29.6 Å². The average Bonchev–Trinajstić information content (AvgIpc) is 2.63. The van der Waals surface area contributed by atoms with Crippen LogP contribution in [0.2, 0.25) is 0 Å². The van der Waals surface area contributed by atoms with Crippen LogP contribution in [-0.2, 0) is 24.1 Å². The van der Waals surface area contributed by atoms with Crippen molar-refractivity contribution in [1.29, 1.82) is 0 Å². The van der Waals surface area contributed by atoms with E-state index in [0.717, 1.165) is 16.8 Å². The minimum absolute atomic E-state index is 0.128. The number of nitrogen functional groups attached to an aromatic ring is 1. The van der Waals surface area contributed by atoms with Crippen LogP contribution >= 0.6 is 0 Å². The van der Waals surface area contributed by atoms with Crippen LogP contribution in [0.25, 0.3) is 0 Å². The molecule has 2 aromatic heterocycles. The number of benzene rings is 1. The van der Waals surface area contributed by atoms with Crippen LogP contribution in [0.3, 0.4) is 0 Å². The number of nitrogens with two attached hydrogens (primary N) is 1. The highest BCUT2D eigenvalue weighted by Crippen LogP contribution is 2.21. The topological polar surface area (TPSA) is 104 Å². The number of hydrogen-bond acceptors (Lipinski definition) is 7. The van der Waals surface area contributed by atoms with Gasteiger partial charge in [0, 0.05) is 29.9 Å². The Bertz CT molecular complexity index is 941. The van der Waals surface area contributed by atoms with Crippen molar-refractivity contribution in [2.24, 2.45) is 0 Å². The molecular weight excluding hydrogens is 342 g/mol. The summed E-state index contributed by atoms with van der Waals surface area (Å²) in [6, 6.07) is 9.20. The number of ether oxygens (including phenoxy) is 1. The molecule has 138 valence electrons. The first-order valence-electron chi connectivity index (χ1n) is 8.65. The maximum atomic E-state index is 11.2. The molecule has 0 spiro atoms. The molecule has 0 aliphatic carbocycles. The second kappa shape index (κ2) is 8.35. The van der Waals surface area contributed by atoms with Gasteiger partial charge in [-0.1, -0.05) is 12.1 Å². The van der Waals surface area contributed by atoms with Gasteiger partial charge in [0.2, 0.25) is 5.88 Å². The van der Waals surface area contributed by atoms with Crippen LogP contribution in [-0.4, -0.2) is 25.7 Å². The second-order valence-corrected chi connectivity index (χ2v) is 6.30. The third kappa shape index (κ3) is 5.31. The second-order valence-electron chi connectivity index (χ2n) is 6.30. The zero-order valence-electron chi connectivity index (χ0n) is 15.3. The Kier molecular flexibility index (Phi) is 5.71. The normalized spacial score (nSPS) is 10.6. The van der Waals surface area contributed by atoms with Crippen molar-refractivity contribution in [1.82, 2.24) is 19.9 Å². The van der Waals surface area contributed by atoms with Gasteiger partial charge in [-0.15, -0.1) is 0 Å². The highest BCUT2D eigenvalue weighted by Gasteiger charge is 2.06. The molecule has 0 saturated heterocycles. The highest BCUT2D eigenvalue weighted by atomic mass is 16.5. The zero-order chi connectivity index (χ0) is 19.2. The van der Waals surface area contributed by atoms with Gasteiger partial charge in [-0.05, 0) is 44.4 Å². The van der Waals surface area contributed by atoms with Crippen molar-refractivity contribution in [2.45, 2.75) is 33.1 Å². The average molecular weight is 363 g/mol. The highest BCUT2D eigenvalue weighted by molar-refractivity contribution is 5.78. The summed E-state index contributed by atoms with van der Waals surface area (Å²) in [5, 5.41) is 0. The Balaban J connectivity index is 1.64. The van der Waals surface area contributed by atoms with Crippen molar-refractivity contribution in [3.63, 3.8) is 0 Å². The molecule has 2 N–H and O–H groups in total. The molecule has 27 heavy (non-hydrogen) atoms. The molecule has 1 aromatic carbocycles. The number of aromatic nitrogens is 4. The summed E-state index contributed by atoms with van der Waals surface area (Å²) in [5.74, 6) is 2.40. The van der Waals surface area contributed by atoms with Crippen LogP contribution in [0, 0.1) is 6.92 Å². The number of ketones is 1. The van der Waals surface area contributed by atoms with E-state index in [1.165, 1.54) is 6.33 Å². The summed E-state index contributed by atoms with van der Waals surface area (Å²) in [5.41, 5.74) is 8.62. The van der Waals surface area contributed by atoms with Gasteiger partial charge in [0.25, 0.3) is 0 Å². The first kappa shape index (κ1) is 18.4. The molecule has 0 aliphatic rings. The zero-order valence-corrected chi connectivity index (χ0v) is 15.3. The van der Waals surface area contributed by atoms with Gasteiger partial charge in [-0.2, -0.15) is 0 Å². The number of Topliss-reactive ketones (excluding diaryl/α,β-unsaturated/α-hetero) is 1. The molecule has 0 aliphatic heterocycles. The molecule has 7 heteroatoms. The number of carbonyl (C=O) groups excluding carboxylic acids is 1. The molecule has 0 fully saturated rings. The van der Waals surface area contributed by atoms with Crippen molar-refractivity contribution in [3.05, 3.63) is 65.5 Å². The van der Waals surface area contributed by atoms with Crippen LogP contribution in [0.15, 0.2) is 42.9 Å². The van der Waals surface area contributed by atoms with E-state index in [9.17, 15) is 4.79 Å². The van der Waals surface area contributed by atoms with E-state index in [0.29, 0.717) is 42.5 Å².